The van der Waals surface area contributed by atoms with Gasteiger partial charge >= 0.3 is 0 Å². The number of rotatable bonds is 7. The molecule has 0 bridgehead atoms. The third-order valence-electron chi connectivity index (χ3n) is 1.84. The van der Waals surface area contributed by atoms with E-state index in [0.29, 0.717) is 5.82 Å². The monoisotopic (exact) mass is 227 g/mol. The summed E-state index contributed by atoms with van der Waals surface area (Å²) in [5.41, 5.74) is 3.59. The number of hydrogen-bond acceptors (Lipinski definition) is 5. The van der Waals surface area contributed by atoms with Crippen molar-refractivity contribution in [1.82, 2.24) is 4.98 Å². The highest BCUT2D eigenvalue weighted by Crippen LogP contribution is 2.12. The van der Waals surface area contributed by atoms with Crippen molar-refractivity contribution >= 4 is 17.6 Å². The van der Waals surface area contributed by atoms with Crippen molar-refractivity contribution in [2.45, 2.75) is 12.2 Å². The Balaban J connectivity index is 2.24. The third-order valence-corrected chi connectivity index (χ3v) is 2.92. The van der Waals surface area contributed by atoms with Crippen LogP contribution in [0.5, 0.6) is 0 Å². The molecule has 4 nitrogen and oxygen atoms in total. The molecule has 0 saturated carbocycles. The Labute approximate surface area is 94.6 Å². The van der Waals surface area contributed by atoms with Gasteiger partial charge in [0.15, 0.2) is 0 Å². The van der Waals surface area contributed by atoms with Crippen LogP contribution in [0.15, 0.2) is 18.2 Å². The third kappa shape index (κ3) is 5.01. The maximum Gasteiger partial charge on any atom is 0.140 e. The predicted octanol–water partition coefficient (Wildman–Crippen LogP) is 1.64. The zero-order valence-corrected chi connectivity index (χ0v) is 9.72. The van der Waals surface area contributed by atoms with E-state index in [9.17, 15) is 0 Å². The summed E-state index contributed by atoms with van der Waals surface area (Å²) in [4.78, 5) is 4.32. The number of thioether (sulfide) groups is 1. The molecule has 1 rings (SSSR count). The Bertz CT molecular complexity index is 283. The second-order valence-corrected chi connectivity index (χ2v) is 4.16. The molecule has 0 atom stereocenters. The predicted molar refractivity (Wildman–Crippen MR) is 64.7 cm³/mol. The van der Waals surface area contributed by atoms with Crippen LogP contribution in [0.1, 0.15) is 12.1 Å². The first kappa shape index (κ1) is 12.3. The average molecular weight is 227 g/mol. The number of methoxy groups -OCH3 is 1. The zero-order valence-electron chi connectivity index (χ0n) is 8.90. The van der Waals surface area contributed by atoms with Gasteiger partial charge in [-0.2, -0.15) is 11.8 Å². The van der Waals surface area contributed by atoms with Crippen LogP contribution in [0.25, 0.3) is 0 Å². The number of nitrogen functional groups attached to an aromatic ring is 1. The van der Waals surface area contributed by atoms with E-state index in [1.54, 1.807) is 7.11 Å². The van der Waals surface area contributed by atoms with Gasteiger partial charge in [-0.25, -0.2) is 10.8 Å². The fraction of sp³-hybridized carbons (Fsp3) is 0.500. The summed E-state index contributed by atoms with van der Waals surface area (Å²) >= 11 is 1.85. The molecule has 0 aliphatic rings. The van der Waals surface area contributed by atoms with Crippen LogP contribution in [-0.4, -0.2) is 24.5 Å². The van der Waals surface area contributed by atoms with E-state index < -0.39 is 0 Å². The van der Waals surface area contributed by atoms with E-state index in [2.05, 4.69) is 10.4 Å². The van der Waals surface area contributed by atoms with Crippen molar-refractivity contribution in [2.75, 3.05) is 24.9 Å². The Morgan fingerprint density at radius 3 is 3.13 bits per heavy atom. The summed E-state index contributed by atoms with van der Waals surface area (Å²) in [7, 11) is 1.72. The van der Waals surface area contributed by atoms with Gasteiger partial charge in [0.05, 0.1) is 5.69 Å². The fourth-order valence-corrected chi connectivity index (χ4v) is 1.96. The van der Waals surface area contributed by atoms with Gasteiger partial charge in [-0.1, -0.05) is 6.07 Å². The number of pyridine rings is 1. The molecule has 84 valence electrons. The standard InChI is InChI=1S/C10H17N3OS/c1-14-6-3-7-15-8-9-4-2-5-10(12-9)13-11/h2,4-5H,3,6-8,11H2,1H3,(H,12,13). The molecule has 3 N–H and O–H groups in total. The van der Waals surface area contributed by atoms with Crippen LogP contribution in [0, 0.1) is 0 Å². The van der Waals surface area contributed by atoms with Crippen molar-refractivity contribution < 1.29 is 4.74 Å². The maximum absolute atomic E-state index is 5.28. The summed E-state index contributed by atoms with van der Waals surface area (Å²) in [6.45, 7) is 0.824. The molecule has 0 spiro atoms. The lowest BCUT2D eigenvalue weighted by atomic mass is 10.4. The molecule has 1 aromatic rings. The van der Waals surface area contributed by atoms with Crippen molar-refractivity contribution in [2.24, 2.45) is 5.84 Å². The summed E-state index contributed by atoms with van der Waals surface area (Å²) < 4.78 is 4.98. The lowest BCUT2D eigenvalue weighted by Gasteiger charge is -2.03. The molecule has 0 amide bonds. The van der Waals surface area contributed by atoms with Crippen LogP contribution >= 0.6 is 11.8 Å². The maximum atomic E-state index is 5.28. The number of hydrogen-bond donors (Lipinski definition) is 2. The SMILES string of the molecule is COCCCSCc1cccc(NN)n1. The lowest BCUT2D eigenvalue weighted by molar-refractivity contribution is 0.200. The van der Waals surface area contributed by atoms with Crippen LogP contribution < -0.4 is 11.3 Å². The minimum absolute atomic E-state index is 0.713. The fourth-order valence-electron chi connectivity index (χ4n) is 1.12. The first-order valence-electron chi connectivity index (χ1n) is 4.86. The van der Waals surface area contributed by atoms with Crippen molar-refractivity contribution in [3.8, 4) is 0 Å². The highest BCUT2D eigenvalue weighted by atomic mass is 32.2. The van der Waals surface area contributed by atoms with Crippen LogP contribution in [0.4, 0.5) is 5.82 Å². The van der Waals surface area contributed by atoms with Gasteiger partial charge in [-0.15, -0.1) is 0 Å². The van der Waals surface area contributed by atoms with Gasteiger partial charge in [0.25, 0.3) is 0 Å². The topological polar surface area (TPSA) is 60.2 Å². The highest BCUT2D eigenvalue weighted by Gasteiger charge is 1.96. The number of aromatic nitrogens is 1. The number of nitrogens with zero attached hydrogens (tertiary/aromatic N) is 1. The number of ether oxygens (including phenoxy) is 1. The molecule has 15 heavy (non-hydrogen) atoms. The van der Waals surface area contributed by atoms with Gasteiger partial charge in [0.1, 0.15) is 5.82 Å². The summed E-state index contributed by atoms with van der Waals surface area (Å²) in [5, 5.41) is 0. The molecular weight excluding hydrogens is 210 g/mol. The van der Waals surface area contributed by atoms with Gasteiger partial charge < -0.3 is 10.2 Å². The van der Waals surface area contributed by atoms with Crippen LogP contribution in [0.2, 0.25) is 0 Å². The van der Waals surface area contributed by atoms with Gasteiger partial charge in [-0.3, -0.25) is 0 Å². The van der Waals surface area contributed by atoms with Gasteiger partial charge in [-0.05, 0) is 24.3 Å². The largest absolute Gasteiger partial charge is 0.385 e. The summed E-state index contributed by atoms with van der Waals surface area (Å²) in [5.74, 6) is 8.00. The second-order valence-electron chi connectivity index (χ2n) is 3.06. The van der Waals surface area contributed by atoms with E-state index in [1.165, 1.54) is 0 Å². The molecule has 5 heteroatoms. The number of nitrogens with two attached hydrogens (primary N) is 1. The van der Waals surface area contributed by atoms with E-state index in [1.807, 2.05) is 30.0 Å². The molecule has 0 unspecified atom stereocenters. The minimum atomic E-state index is 0.713. The Hall–Kier alpha value is -0.780. The van der Waals surface area contributed by atoms with E-state index in [4.69, 9.17) is 10.6 Å². The van der Waals surface area contributed by atoms with Crippen molar-refractivity contribution in [3.63, 3.8) is 0 Å². The molecule has 0 radical (unpaired) electrons. The Morgan fingerprint density at radius 1 is 1.53 bits per heavy atom. The minimum Gasteiger partial charge on any atom is -0.385 e. The molecule has 0 aromatic carbocycles. The molecule has 0 aliphatic heterocycles. The van der Waals surface area contributed by atoms with Gasteiger partial charge in [0, 0.05) is 19.5 Å². The zero-order chi connectivity index (χ0) is 10.9. The Morgan fingerprint density at radius 2 is 2.40 bits per heavy atom. The molecule has 0 fully saturated rings. The van der Waals surface area contributed by atoms with E-state index in [0.717, 1.165) is 30.2 Å². The molecule has 0 saturated heterocycles. The molecule has 1 aromatic heterocycles. The van der Waals surface area contributed by atoms with Crippen molar-refractivity contribution in [1.29, 1.82) is 0 Å². The van der Waals surface area contributed by atoms with Crippen LogP contribution in [0.3, 0.4) is 0 Å². The molecular formula is C10H17N3OS. The number of anilines is 1. The van der Waals surface area contributed by atoms with Gasteiger partial charge in [0.2, 0.25) is 0 Å². The molecule has 0 aliphatic carbocycles. The summed E-state index contributed by atoms with van der Waals surface area (Å²) in [6, 6.07) is 5.80. The highest BCUT2D eigenvalue weighted by molar-refractivity contribution is 7.98. The number of hydrazine groups is 1. The molecule has 1 heterocycles. The normalized spacial score (nSPS) is 10.3. The lowest BCUT2D eigenvalue weighted by Crippen LogP contribution is -2.08. The smallest absolute Gasteiger partial charge is 0.140 e. The van der Waals surface area contributed by atoms with Crippen molar-refractivity contribution in [3.05, 3.63) is 23.9 Å². The quantitative estimate of drug-likeness (QED) is 0.421. The van der Waals surface area contributed by atoms with E-state index in [-0.39, 0.29) is 0 Å². The first-order valence-corrected chi connectivity index (χ1v) is 6.01. The van der Waals surface area contributed by atoms with E-state index >= 15 is 0 Å². The summed E-state index contributed by atoms with van der Waals surface area (Å²) in [6.07, 6.45) is 1.08. The van der Waals surface area contributed by atoms with Crippen LogP contribution in [-0.2, 0) is 10.5 Å². The Kier molecular flexibility index (Phi) is 6.15. The second kappa shape index (κ2) is 7.50. The average Bonchev–Trinajstić information content (AvgIpc) is 2.29. The first-order chi connectivity index (χ1) is 7.36. The number of nitrogens with one attached hydrogen (secondary N) is 1.